The summed E-state index contributed by atoms with van der Waals surface area (Å²) in [6.45, 7) is 10.9. The molecule has 3 rings (SSSR count). The highest BCUT2D eigenvalue weighted by molar-refractivity contribution is 7.07. The van der Waals surface area contributed by atoms with E-state index >= 15 is 0 Å². The lowest BCUT2D eigenvalue weighted by molar-refractivity contribution is -0.00261. The first-order valence-corrected chi connectivity index (χ1v) is 11.5. The van der Waals surface area contributed by atoms with E-state index in [1.807, 2.05) is 24.3 Å². The average molecular weight is 416 g/mol. The van der Waals surface area contributed by atoms with E-state index in [0.29, 0.717) is 31.3 Å². The van der Waals surface area contributed by atoms with Crippen molar-refractivity contribution in [2.24, 2.45) is 0 Å². The molecule has 0 radical (unpaired) electrons. The van der Waals surface area contributed by atoms with Crippen molar-refractivity contribution in [1.82, 2.24) is 4.90 Å². The lowest BCUT2D eigenvalue weighted by atomic mass is 9.89. The number of rotatable bonds is 13. The van der Waals surface area contributed by atoms with Crippen LogP contribution >= 0.6 is 11.3 Å². The van der Waals surface area contributed by atoms with Crippen LogP contribution in [0.15, 0.2) is 58.7 Å². The maximum absolute atomic E-state index is 11.2. The van der Waals surface area contributed by atoms with Gasteiger partial charge in [-0.15, -0.1) is 13.2 Å². The maximum Gasteiger partial charge on any atom is 0.135 e. The van der Waals surface area contributed by atoms with Gasteiger partial charge < -0.3 is 14.3 Å². The Balaban J connectivity index is 1.70. The number of allylic oxidation sites excluding steroid dienone is 2. The van der Waals surface area contributed by atoms with Gasteiger partial charge in [-0.25, -0.2) is 0 Å². The molecule has 0 spiro atoms. The van der Waals surface area contributed by atoms with Crippen LogP contribution in [0.25, 0.3) is 0 Å². The molecule has 0 aliphatic carbocycles. The van der Waals surface area contributed by atoms with Gasteiger partial charge in [0.05, 0.1) is 12.6 Å². The predicted molar refractivity (Wildman–Crippen MR) is 119 cm³/mol. The maximum atomic E-state index is 11.2. The number of ether oxygens (including phenoxy) is 1. The quantitative estimate of drug-likeness (QED) is 0.430. The van der Waals surface area contributed by atoms with E-state index in [9.17, 15) is 5.11 Å². The molecule has 3 heterocycles. The minimum absolute atomic E-state index is 0.292. The Morgan fingerprint density at radius 2 is 1.97 bits per heavy atom. The van der Waals surface area contributed by atoms with Crippen molar-refractivity contribution in [3.8, 4) is 0 Å². The normalized spacial score (nSPS) is 17.1. The lowest BCUT2D eigenvalue weighted by Crippen LogP contribution is -2.31. The summed E-state index contributed by atoms with van der Waals surface area (Å²) < 4.78 is 12.0. The molecule has 1 saturated heterocycles. The molecule has 2 aromatic heterocycles. The molecule has 1 fully saturated rings. The van der Waals surface area contributed by atoms with Crippen molar-refractivity contribution in [1.29, 1.82) is 0 Å². The topological polar surface area (TPSA) is 45.8 Å². The summed E-state index contributed by atoms with van der Waals surface area (Å²) in [5.41, 5.74) is 0.334. The average Bonchev–Trinajstić information content (AvgIpc) is 3.48. The third-order valence-electron chi connectivity index (χ3n) is 5.50. The summed E-state index contributed by atoms with van der Waals surface area (Å²) in [5.74, 6) is 1.52. The molecule has 0 amide bonds. The van der Waals surface area contributed by atoms with Gasteiger partial charge in [0.15, 0.2) is 0 Å². The molecule has 1 atom stereocenters. The van der Waals surface area contributed by atoms with E-state index in [1.165, 1.54) is 5.56 Å². The predicted octanol–water partition coefficient (Wildman–Crippen LogP) is 5.64. The third-order valence-corrected chi connectivity index (χ3v) is 6.23. The minimum atomic E-state index is -0.979. The number of aliphatic hydroxyl groups is 1. The smallest absolute Gasteiger partial charge is 0.135 e. The van der Waals surface area contributed by atoms with Gasteiger partial charge in [0.1, 0.15) is 17.1 Å². The van der Waals surface area contributed by atoms with Gasteiger partial charge >= 0.3 is 0 Å². The Labute approximate surface area is 178 Å². The summed E-state index contributed by atoms with van der Waals surface area (Å²) in [5, 5.41) is 15.5. The molecule has 0 saturated carbocycles. The summed E-state index contributed by atoms with van der Waals surface area (Å²) >= 11 is 1.72. The fourth-order valence-corrected chi connectivity index (χ4v) is 4.55. The Morgan fingerprint density at radius 3 is 2.59 bits per heavy atom. The molecule has 0 bridgehead atoms. The molecular formula is C24H33NO3S. The summed E-state index contributed by atoms with van der Waals surface area (Å²) in [7, 11) is 0. The molecule has 29 heavy (non-hydrogen) atoms. The first-order chi connectivity index (χ1) is 14.1. The van der Waals surface area contributed by atoms with Crippen LogP contribution in [-0.4, -0.2) is 29.3 Å². The van der Waals surface area contributed by atoms with Crippen LogP contribution in [0.1, 0.15) is 55.6 Å². The molecule has 1 aliphatic rings. The molecule has 4 nitrogen and oxygen atoms in total. The number of hydrogen-bond acceptors (Lipinski definition) is 5. The second-order valence-corrected chi connectivity index (χ2v) is 8.67. The fraction of sp³-hybridized carbons (Fsp3) is 0.500. The largest absolute Gasteiger partial charge is 0.462 e. The Hall–Kier alpha value is -1.66. The Bertz CT molecular complexity index is 734. The van der Waals surface area contributed by atoms with Crippen LogP contribution in [-0.2, 0) is 23.4 Å². The molecule has 158 valence electrons. The van der Waals surface area contributed by atoms with Crippen LogP contribution in [0.4, 0.5) is 0 Å². The zero-order valence-electron chi connectivity index (χ0n) is 17.2. The highest BCUT2D eigenvalue weighted by atomic mass is 32.1. The van der Waals surface area contributed by atoms with Crippen LogP contribution < -0.4 is 0 Å². The van der Waals surface area contributed by atoms with Gasteiger partial charge in [-0.1, -0.05) is 12.2 Å². The van der Waals surface area contributed by atoms with Gasteiger partial charge in [-0.05, 0) is 73.0 Å². The number of furan rings is 1. The molecule has 1 N–H and O–H groups in total. The molecule has 1 unspecified atom stereocenters. The van der Waals surface area contributed by atoms with Crippen molar-refractivity contribution in [2.75, 3.05) is 13.2 Å². The van der Waals surface area contributed by atoms with Crippen LogP contribution in [0.3, 0.4) is 0 Å². The van der Waals surface area contributed by atoms with Crippen LogP contribution in [0, 0.1) is 0 Å². The van der Waals surface area contributed by atoms with Crippen molar-refractivity contribution < 1.29 is 14.3 Å². The molecule has 5 heteroatoms. The SMILES string of the molecule is C=CCCC(O)(CCC=C)c1ccc(CN(Cc2ccsc2)CC2CCCO2)o1. The second kappa shape index (κ2) is 10.9. The fourth-order valence-electron chi connectivity index (χ4n) is 3.89. The lowest BCUT2D eigenvalue weighted by Gasteiger charge is -2.26. The Kier molecular flexibility index (Phi) is 8.30. The number of hydrogen-bond donors (Lipinski definition) is 1. The highest BCUT2D eigenvalue weighted by Crippen LogP contribution is 2.33. The third kappa shape index (κ3) is 6.41. The van der Waals surface area contributed by atoms with Crippen LogP contribution in [0.5, 0.6) is 0 Å². The van der Waals surface area contributed by atoms with E-state index in [1.54, 1.807) is 11.3 Å². The van der Waals surface area contributed by atoms with Crippen molar-refractivity contribution in [2.45, 2.75) is 63.3 Å². The van der Waals surface area contributed by atoms with Crippen molar-refractivity contribution in [3.63, 3.8) is 0 Å². The van der Waals surface area contributed by atoms with E-state index in [2.05, 4.69) is 34.9 Å². The number of thiophene rings is 1. The summed E-state index contributed by atoms with van der Waals surface area (Å²) in [6.07, 6.45) is 8.92. The van der Waals surface area contributed by atoms with Gasteiger partial charge in [0.25, 0.3) is 0 Å². The van der Waals surface area contributed by atoms with E-state index in [4.69, 9.17) is 9.15 Å². The molecule has 1 aliphatic heterocycles. The zero-order valence-corrected chi connectivity index (χ0v) is 18.0. The van der Waals surface area contributed by atoms with E-state index < -0.39 is 5.60 Å². The summed E-state index contributed by atoms with van der Waals surface area (Å²) in [6, 6.07) is 6.10. The minimum Gasteiger partial charge on any atom is -0.462 e. The molecule has 0 aromatic carbocycles. The number of nitrogens with zero attached hydrogens (tertiary/aromatic N) is 1. The summed E-state index contributed by atoms with van der Waals surface area (Å²) in [4.78, 5) is 2.38. The molecule has 2 aromatic rings. The van der Waals surface area contributed by atoms with Crippen molar-refractivity contribution >= 4 is 11.3 Å². The van der Waals surface area contributed by atoms with Crippen LogP contribution in [0.2, 0.25) is 0 Å². The van der Waals surface area contributed by atoms with Gasteiger partial charge in [0, 0.05) is 19.7 Å². The van der Waals surface area contributed by atoms with Gasteiger partial charge in [-0.3, -0.25) is 4.90 Å². The van der Waals surface area contributed by atoms with E-state index in [0.717, 1.165) is 51.1 Å². The highest BCUT2D eigenvalue weighted by Gasteiger charge is 2.31. The first-order valence-electron chi connectivity index (χ1n) is 10.5. The second-order valence-electron chi connectivity index (χ2n) is 7.89. The standard InChI is InChI=1S/C24H33NO3S/c1-3-5-12-24(26,13-6-4-2)23-10-9-22(28-23)18-25(16-20-11-15-29-19-20)17-21-8-7-14-27-21/h3-4,9-11,15,19,21,26H,1-2,5-8,12-14,16-18H2. The van der Waals surface area contributed by atoms with E-state index in [-0.39, 0.29) is 0 Å². The first kappa shape index (κ1) is 22.0. The van der Waals surface area contributed by atoms with Gasteiger partial charge in [0.2, 0.25) is 0 Å². The van der Waals surface area contributed by atoms with Gasteiger partial charge in [-0.2, -0.15) is 11.3 Å². The Morgan fingerprint density at radius 1 is 1.17 bits per heavy atom. The monoisotopic (exact) mass is 415 g/mol. The molecular weight excluding hydrogens is 382 g/mol. The van der Waals surface area contributed by atoms with Crippen molar-refractivity contribution in [3.05, 3.63) is 71.4 Å². The zero-order chi connectivity index (χ0) is 20.5.